The average Bonchev–Trinajstić information content (AvgIpc) is 2.44. The fourth-order valence-electron chi connectivity index (χ4n) is 1.66. The maximum Gasteiger partial charge on any atom is 0.130 e. The summed E-state index contributed by atoms with van der Waals surface area (Å²) in [4.78, 5) is 0. The van der Waals surface area contributed by atoms with Crippen LogP contribution < -0.4 is 5.73 Å². The normalized spacial score (nSPS) is 15.1. The van der Waals surface area contributed by atoms with E-state index in [1.165, 1.54) is 6.08 Å². The summed E-state index contributed by atoms with van der Waals surface area (Å²) in [5, 5.41) is 0. The Labute approximate surface area is 120 Å². The molecule has 0 heterocycles. The molecule has 0 saturated heterocycles. The number of hydrogen-bond acceptors (Lipinski definition) is 1. The molecule has 0 atom stereocenters. The summed E-state index contributed by atoms with van der Waals surface area (Å²) in [5.74, 6) is -0.442. The lowest BCUT2D eigenvalue weighted by Gasteiger charge is -2.10. The van der Waals surface area contributed by atoms with E-state index in [2.05, 4.69) is 32.4 Å². The molecule has 0 aromatic rings. The van der Waals surface area contributed by atoms with Crippen molar-refractivity contribution in [1.82, 2.24) is 0 Å². The van der Waals surface area contributed by atoms with Crippen molar-refractivity contribution in [2.75, 3.05) is 0 Å². The molecule has 0 aromatic heterocycles. The van der Waals surface area contributed by atoms with Gasteiger partial charge >= 0.3 is 0 Å². The SMILES string of the molecule is C=C(N)/C=C\C(=C)C(=C)/C(F)=C\C(=C)C1=CC=CCC1. The van der Waals surface area contributed by atoms with E-state index < -0.39 is 5.83 Å². The molecule has 1 aliphatic carbocycles. The summed E-state index contributed by atoms with van der Waals surface area (Å²) in [6.07, 6.45) is 12.3. The topological polar surface area (TPSA) is 26.0 Å². The minimum absolute atomic E-state index is 0.218. The number of nitrogens with two attached hydrogens (primary N) is 1. The molecular formula is C18H20FN. The van der Waals surface area contributed by atoms with E-state index in [4.69, 9.17) is 5.73 Å². The smallest absolute Gasteiger partial charge is 0.130 e. The fraction of sp³-hybridized carbons (Fsp3) is 0.111. The zero-order valence-electron chi connectivity index (χ0n) is 11.7. The van der Waals surface area contributed by atoms with Crippen LogP contribution in [0, 0.1) is 0 Å². The van der Waals surface area contributed by atoms with Gasteiger partial charge in [-0.25, -0.2) is 4.39 Å². The summed E-state index contributed by atoms with van der Waals surface area (Å²) in [6.45, 7) is 14.9. The lowest BCUT2D eigenvalue weighted by molar-refractivity contribution is 0.655. The first-order valence-corrected chi connectivity index (χ1v) is 6.35. The van der Waals surface area contributed by atoms with Crippen molar-refractivity contribution in [3.05, 3.63) is 96.6 Å². The predicted octanol–water partition coefficient (Wildman–Crippen LogP) is 4.81. The van der Waals surface area contributed by atoms with Gasteiger partial charge in [0.1, 0.15) is 5.83 Å². The van der Waals surface area contributed by atoms with Gasteiger partial charge in [0.15, 0.2) is 0 Å². The molecule has 0 radical (unpaired) electrons. The van der Waals surface area contributed by atoms with E-state index in [0.717, 1.165) is 18.4 Å². The highest BCUT2D eigenvalue weighted by Crippen LogP contribution is 2.25. The molecule has 2 N–H and O–H groups in total. The molecule has 0 aliphatic heterocycles. The Hall–Kier alpha value is -2.35. The van der Waals surface area contributed by atoms with Crippen molar-refractivity contribution >= 4 is 0 Å². The predicted molar refractivity (Wildman–Crippen MR) is 85.5 cm³/mol. The van der Waals surface area contributed by atoms with E-state index in [9.17, 15) is 4.39 Å². The summed E-state index contributed by atoms with van der Waals surface area (Å²) in [6, 6.07) is 0. The van der Waals surface area contributed by atoms with Gasteiger partial charge in [-0.1, -0.05) is 50.6 Å². The standard InChI is InChI=1S/C18H20FN/c1-13(10-11-15(3)20)16(4)18(19)12-14(2)17-8-6-5-7-9-17/h5-6,8,10-12H,1-4,7,9,20H2/b11-10-,18-12+. The number of rotatable bonds is 6. The van der Waals surface area contributed by atoms with E-state index >= 15 is 0 Å². The average molecular weight is 269 g/mol. The Morgan fingerprint density at radius 1 is 1.20 bits per heavy atom. The van der Waals surface area contributed by atoms with Crippen LogP contribution in [0.4, 0.5) is 4.39 Å². The van der Waals surface area contributed by atoms with Crippen LogP contribution in [0.2, 0.25) is 0 Å². The molecule has 0 bridgehead atoms. The molecule has 0 amide bonds. The van der Waals surface area contributed by atoms with Crippen molar-refractivity contribution < 1.29 is 4.39 Å². The molecule has 0 spiro atoms. The third-order valence-corrected chi connectivity index (χ3v) is 2.90. The summed E-state index contributed by atoms with van der Waals surface area (Å²) < 4.78 is 14.1. The highest BCUT2D eigenvalue weighted by atomic mass is 19.1. The third-order valence-electron chi connectivity index (χ3n) is 2.90. The Balaban J connectivity index is 2.78. The van der Waals surface area contributed by atoms with Crippen LogP contribution in [0.25, 0.3) is 0 Å². The zero-order valence-corrected chi connectivity index (χ0v) is 11.7. The number of allylic oxidation sites excluding steroid dienone is 11. The third kappa shape index (κ3) is 4.73. The van der Waals surface area contributed by atoms with E-state index in [1.54, 1.807) is 12.2 Å². The maximum absolute atomic E-state index is 14.1. The molecule has 2 heteroatoms. The van der Waals surface area contributed by atoms with Crippen molar-refractivity contribution in [2.45, 2.75) is 12.8 Å². The van der Waals surface area contributed by atoms with Crippen LogP contribution in [0.5, 0.6) is 0 Å². The molecule has 0 fully saturated rings. The van der Waals surface area contributed by atoms with Gasteiger partial charge in [-0.2, -0.15) is 0 Å². The van der Waals surface area contributed by atoms with Crippen LogP contribution >= 0.6 is 0 Å². The summed E-state index contributed by atoms with van der Waals surface area (Å²) in [5.41, 5.74) is 8.16. The lowest BCUT2D eigenvalue weighted by Crippen LogP contribution is -1.93. The first-order chi connectivity index (χ1) is 9.41. The van der Waals surface area contributed by atoms with Crippen LogP contribution in [0.3, 0.4) is 0 Å². The summed E-state index contributed by atoms with van der Waals surface area (Å²) in [7, 11) is 0. The number of hydrogen-bond donors (Lipinski definition) is 1. The zero-order chi connectivity index (χ0) is 15.1. The van der Waals surface area contributed by atoms with Crippen LogP contribution in [-0.2, 0) is 0 Å². The second kappa shape index (κ2) is 7.29. The monoisotopic (exact) mass is 269 g/mol. The van der Waals surface area contributed by atoms with Crippen molar-refractivity contribution in [2.24, 2.45) is 5.73 Å². The highest BCUT2D eigenvalue weighted by molar-refractivity contribution is 5.51. The van der Waals surface area contributed by atoms with Gasteiger partial charge < -0.3 is 5.73 Å². The highest BCUT2D eigenvalue weighted by Gasteiger charge is 2.07. The second-order valence-electron chi connectivity index (χ2n) is 4.59. The lowest BCUT2D eigenvalue weighted by atomic mass is 9.97. The quantitative estimate of drug-likeness (QED) is 0.688. The second-order valence-corrected chi connectivity index (χ2v) is 4.59. The molecule has 20 heavy (non-hydrogen) atoms. The van der Waals surface area contributed by atoms with Gasteiger partial charge in [0.25, 0.3) is 0 Å². The molecule has 0 unspecified atom stereocenters. The minimum atomic E-state index is -0.442. The van der Waals surface area contributed by atoms with Gasteiger partial charge in [-0.15, -0.1) is 0 Å². The van der Waals surface area contributed by atoms with Gasteiger partial charge in [0.05, 0.1) is 0 Å². The molecule has 1 rings (SSSR count). The van der Waals surface area contributed by atoms with E-state index in [1.807, 2.05) is 12.2 Å². The Bertz CT molecular complexity index is 568. The molecule has 1 nitrogen and oxygen atoms in total. The van der Waals surface area contributed by atoms with Crippen molar-refractivity contribution in [1.29, 1.82) is 0 Å². The van der Waals surface area contributed by atoms with E-state index in [-0.39, 0.29) is 5.57 Å². The Morgan fingerprint density at radius 3 is 2.45 bits per heavy atom. The first kappa shape index (κ1) is 15.7. The van der Waals surface area contributed by atoms with Gasteiger partial charge in [0.2, 0.25) is 0 Å². The molecule has 0 aromatic carbocycles. The minimum Gasteiger partial charge on any atom is -0.399 e. The fourth-order valence-corrected chi connectivity index (χ4v) is 1.66. The maximum atomic E-state index is 14.1. The van der Waals surface area contributed by atoms with Crippen LogP contribution in [0.1, 0.15) is 12.8 Å². The van der Waals surface area contributed by atoms with Crippen LogP contribution in [0.15, 0.2) is 96.6 Å². The van der Waals surface area contributed by atoms with E-state index in [0.29, 0.717) is 16.8 Å². The summed E-state index contributed by atoms with van der Waals surface area (Å²) >= 11 is 0. The molecule has 0 saturated carbocycles. The number of halogens is 1. The Kier molecular flexibility index (Phi) is 5.73. The Morgan fingerprint density at radius 2 is 1.90 bits per heavy atom. The van der Waals surface area contributed by atoms with Gasteiger partial charge in [-0.3, -0.25) is 0 Å². The first-order valence-electron chi connectivity index (χ1n) is 6.35. The van der Waals surface area contributed by atoms with Crippen LogP contribution in [-0.4, -0.2) is 0 Å². The van der Waals surface area contributed by atoms with Crippen molar-refractivity contribution in [3.63, 3.8) is 0 Å². The largest absolute Gasteiger partial charge is 0.399 e. The van der Waals surface area contributed by atoms with Crippen molar-refractivity contribution in [3.8, 4) is 0 Å². The van der Waals surface area contributed by atoms with Gasteiger partial charge in [0, 0.05) is 11.3 Å². The molecule has 104 valence electrons. The van der Waals surface area contributed by atoms with Gasteiger partial charge in [-0.05, 0) is 41.7 Å². The molecular weight excluding hydrogens is 249 g/mol. The molecule has 1 aliphatic rings.